The van der Waals surface area contributed by atoms with Gasteiger partial charge in [0.2, 0.25) is 5.88 Å². The predicted molar refractivity (Wildman–Crippen MR) is 168 cm³/mol. The Balaban J connectivity index is 0.000000347. The molecule has 0 radical (unpaired) electrons. The highest BCUT2D eigenvalue weighted by atomic mass is 19.4. The minimum absolute atomic E-state index is 0.0626. The molecule has 48 heavy (non-hydrogen) atoms. The molecule has 1 aromatic carbocycles. The highest BCUT2D eigenvalue weighted by Crippen LogP contribution is 2.47. The van der Waals surface area contributed by atoms with Crippen LogP contribution >= 0.6 is 0 Å². The molecule has 0 amide bonds. The minimum Gasteiger partial charge on any atom is -0.475 e. The Morgan fingerprint density at radius 1 is 1.15 bits per heavy atom. The van der Waals surface area contributed by atoms with Gasteiger partial charge in [-0.1, -0.05) is 6.07 Å². The molecule has 3 aliphatic rings. The molecular weight excluding hydrogens is 635 g/mol. The molecule has 2 unspecified atom stereocenters. The molecule has 7 heterocycles. The first-order valence-corrected chi connectivity index (χ1v) is 15.7. The van der Waals surface area contributed by atoms with E-state index in [0.29, 0.717) is 24.6 Å². The lowest BCUT2D eigenvalue weighted by Crippen LogP contribution is -2.31. The van der Waals surface area contributed by atoms with Gasteiger partial charge >= 0.3 is 12.2 Å². The number of benzene rings is 1. The van der Waals surface area contributed by atoms with Gasteiger partial charge in [0.15, 0.2) is 5.82 Å². The zero-order chi connectivity index (χ0) is 33.7. The van der Waals surface area contributed by atoms with Crippen molar-refractivity contribution >= 4 is 27.6 Å². The zero-order valence-electron chi connectivity index (χ0n) is 26.5. The van der Waals surface area contributed by atoms with Crippen LogP contribution < -0.4 is 14.4 Å². The van der Waals surface area contributed by atoms with Gasteiger partial charge in [-0.15, -0.1) is 0 Å². The lowest BCUT2D eigenvalue weighted by atomic mass is 9.94. The van der Waals surface area contributed by atoms with Crippen molar-refractivity contribution in [2.75, 3.05) is 38.3 Å². The van der Waals surface area contributed by atoms with Gasteiger partial charge in [0.05, 0.1) is 37.0 Å². The van der Waals surface area contributed by atoms with E-state index in [1.807, 2.05) is 17.9 Å². The first-order valence-electron chi connectivity index (χ1n) is 15.7. The van der Waals surface area contributed by atoms with E-state index in [0.717, 1.165) is 18.5 Å². The third kappa shape index (κ3) is 5.63. The molecule has 2 fully saturated rings. The first-order chi connectivity index (χ1) is 23.0. The van der Waals surface area contributed by atoms with Gasteiger partial charge in [-0.2, -0.15) is 28.2 Å². The molecule has 4 aromatic heterocycles. The third-order valence-electron chi connectivity index (χ3n) is 9.30. The van der Waals surface area contributed by atoms with E-state index in [1.54, 1.807) is 18.5 Å². The van der Waals surface area contributed by atoms with Crippen molar-refractivity contribution < 1.29 is 31.4 Å². The van der Waals surface area contributed by atoms with Gasteiger partial charge in [0, 0.05) is 35.9 Å². The molecule has 0 saturated carbocycles. The Morgan fingerprint density at radius 2 is 1.98 bits per heavy atom. The number of halogens is 5. The normalized spacial score (nSPS) is 19.9. The van der Waals surface area contributed by atoms with Crippen LogP contribution in [0.2, 0.25) is 0 Å². The summed E-state index contributed by atoms with van der Waals surface area (Å²) in [7, 11) is 1.33. The summed E-state index contributed by atoms with van der Waals surface area (Å²) in [5, 5.41) is 6.74. The molecule has 8 rings (SSSR count). The average molecular weight is 669 g/mol. The first kappa shape index (κ1) is 31.9. The summed E-state index contributed by atoms with van der Waals surface area (Å²) < 4.78 is 83.3. The van der Waals surface area contributed by atoms with E-state index in [9.17, 15) is 17.6 Å². The van der Waals surface area contributed by atoms with Crippen molar-refractivity contribution in [3.05, 3.63) is 59.3 Å². The fourth-order valence-electron chi connectivity index (χ4n) is 7.06. The predicted octanol–water partition coefficient (Wildman–Crippen LogP) is 6.59. The molecule has 0 bridgehead atoms. The molecule has 15 heteroatoms. The lowest BCUT2D eigenvalue weighted by Gasteiger charge is -2.29. The van der Waals surface area contributed by atoms with Crippen LogP contribution in [0.15, 0.2) is 36.8 Å². The number of fused-ring (bicyclic) bond motifs is 2. The van der Waals surface area contributed by atoms with Crippen LogP contribution in [-0.2, 0) is 6.18 Å². The van der Waals surface area contributed by atoms with Crippen LogP contribution in [0.25, 0.3) is 33.1 Å². The van der Waals surface area contributed by atoms with Gasteiger partial charge < -0.3 is 14.4 Å². The van der Waals surface area contributed by atoms with Crippen molar-refractivity contribution in [1.82, 2.24) is 35.0 Å². The number of H-pyrrole nitrogens is 1. The fraction of sp³-hybridized carbons (Fsp3) is 0.424. The summed E-state index contributed by atoms with van der Waals surface area (Å²) in [6, 6.07) is 5.21. The van der Waals surface area contributed by atoms with E-state index in [1.165, 1.54) is 39.1 Å². The second-order valence-corrected chi connectivity index (χ2v) is 12.2. The number of hydrogen-bond acceptors (Lipinski definition) is 9. The van der Waals surface area contributed by atoms with Crippen LogP contribution in [0.5, 0.6) is 11.9 Å². The number of ether oxygens (including phenoxy) is 2. The van der Waals surface area contributed by atoms with E-state index in [-0.39, 0.29) is 52.2 Å². The number of methoxy groups -OCH3 is 1. The van der Waals surface area contributed by atoms with Crippen molar-refractivity contribution in [2.45, 2.75) is 57.5 Å². The SMILES string of the molecule is COc1nc2c3c(nc(-c4c(C(F)(F)F)c(C)cc5[nH]ncc45)c(F)c3n1)OCCN2[C@@H](C)c1cccnc1.FC1CC2CCCN2C1. The van der Waals surface area contributed by atoms with Gasteiger partial charge in [0.1, 0.15) is 35.2 Å². The molecule has 2 saturated heterocycles. The number of nitrogens with one attached hydrogen (secondary N) is 1. The van der Waals surface area contributed by atoms with E-state index in [2.05, 4.69) is 35.0 Å². The Labute approximate surface area is 272 Å². The number of pyridine rings is 2. The Kier molecular flexibility index (Phi) is 8.26. The maximum atomic E-state index is 16.4. The number of aromatic amines is 1. The number of nitrogens with zero attached hydrogens (tertiary/aromatic N) is 7. The molecule has 252 valence electrons. The molecule has 3 atom stereocenters. The maximum absolute atomic E-state index is 16.4. The van der Waals surface area contributed by atoms with Gasteiger partial charge in [-0.05, 0) is 62.9 Å². The number of hydrogen-bond donors (Lipinski definition) is 1. The third-order valence-corrected chi connectivity index (χ3v) is 9.30. The number of rotatable bonds is 4. The van der Waals surface area contributed by atoms with E-state index in [4.69, 9.17) is 9.47 Å². The largest absolute Gasteiger partial charge is 0.475 e. The summed E-state index contributed by atoms with van der Waals surface area (Å²) in [6.45, 7) is 5.52. The molecule has 3 aliphatic heterocycles. The number of alkyl halides is 4. The van der Waals surface area contributed by atoms with Gasteiger partial charge in [-0.25, -0.2) is 13.8 Å². The highest BCUT2D eigenvalue weighted by Gasteiger charge is 2.40. The summed E-state index contributed by atoms with van der Waals surface area (Å²) in [5.41, 5.74) is -1.23. The summed E-state index contributed by atoms with van der Waals surface area (Å²) in [5.74, 6) is -0.854. The second-order valence-electron chi connectivity index (χ2n) is 12.2. The average Bonchev–Trinajstić information content (AvgIpc) is 3.76. The molecule has 1 N–H and O–H groups in total. The molecule has 0 aliphatic carbocycles. The van der Waals surface area contributed by atoms with Crippen LogP contribution in [0.4, 0.5) is 27.8 Å². The second kappa shape index (κ2) is 12.4. The van der Waals surface area contributed by atoms with E-state index >= 15 is 4.39 Å². The van der Waals surface area contributed by atoms with Crippen molar-refractivity contribution in [1.29, 1.82) is 0 Å². The molecule has 0 spiro atoms. The van der Waals surface area contributed by atoms with Crippen LogP contribution in [0.3, 0.4) is 0 Å². The fourth-order valence-corrected chi connectivity index (χ4v) is 7.06. The number of aromatic nitrogens is 6. The lowest BCUT2D eigenvalue weighted by molar-refractivity contribution is -0.137. The highest BCUT2D eigenvalue weighted by molar-refractivity contribution is 6.01. The van der Waals surface area contributed by atoms with Crippen LogP contribution in [-0.4, -0.2) is 80.6 Å². The minimum atomic E-state index is -4.80. The quantitative estimate of drug-likeness (QED) is 0.213. The Morgan fingerprint density at radius 3 is 2.71 bits per heavy atom. The van der Waals surface area contributed by atoms with Gasteiger partial charge in [0.25, 0.3) is 0 Å². The standard InChI is InChI=1S/C26H21F4N7O2.C7H12FN/c1-12-9-16-15(11-32-36-16)17(19(12)26(28,29)30)21-20(27)22-18-23(35-25(34-22)38-3)37(7-8-39-24(18)33-21)13(2)14-5-4-6-31-10-14;8-6-4-7-2-1-3-9(7)5-6/h4-6,9-11,13H,7-8H2,1-3H3,(H,32,36);6-7H,1-5H2/t13-;/m0./s1. The van der Waals surface area contributed by atoms with Crippen molar-refractivity contribution in [3.8, 4) is 23.1 Å². The summed E-state index contributed by atoms with van der Waals surface area (Å²) in [6.07, 6.45) is 2.59. The Hall–Kier alpha value is -4.66. The van der Waals surface area contributed by atoms with Gasteiger partial charge in [-0.3, -0.25) is 15.0 Å². The summed E-state index contributed by atoms with van der Waals surface area (Å²) in [4.78, 5) is 21.4. The van der Waals surface area contributed by atoms with Crippen molar-refractivity contribution in [3.63, 3.8) is 0 Å². The number of aryl methyl sites for hydroxylation is 1. The topological polar surface area (TPSA) is 105 Å². The molecule has 10 nitrogen and oxygen atoms in total. The monoisotopic (exact) mass is 668 g/mol. The van der Waals surface area contributed by atoms with Crippen LogP contribution in [0, 0.1) is 12.7 Å². The maximum Gasteiger partial charge on any atom is 0.417 e. The summed E-state index contributed by atoms with van der Waals surface area (Å²) >= 11 is 0. The zero-order valence-corrected chi connectivity index (χ0v) is 26.5. The molecule has 5 aromatic rings. The Bertz CT molecular complexity index is 1960. The molecular formula is C33H33F5N8O2. The number of anilines is 1. The smallest absolute Gasteiger partial charge is 0.417 e. The van der Waals surface area contributed by atoms with Crippen LogP contribution in [0.1, 0.15) is 48.9 Å². The van der Waals surface area contributed by atoms with Crippen molar-refractivity contribution in [2.24, 2.45) is 0 Å². The van der Waals surface area contributed by atoms with E-state index < -0.39 is 35.0 Å².